The van der Waals surface area contributed by atoms with Gasteiger partial charge < -0.3 is 15.7 Å². The van der Waals surface area contributed by atoms with Crippen molar-refractivity contribution in [3.8, 4) is 0 Å². The van der Waals surface area contributed by atoms with Gasteiger partial charge in [-0.25, -0.2) is 0 Å². The minimum atomic E-state index is -1.04. The maximum Gasteiger partial charge on any atom is 0.307 e. The lowest BCUT2D eigenvalue weighted by atomic mass is 10.1. The van der Waals surface area contributed by atoms with Crippen LogP contribution in [0, 0.1) is 21.8 Å². The van der Waals surface area contributed by atoms with Crippen molar-refractivity contribution in [2.75, 3.05) is 23.8 Å². The summed E-state index contributed by atoms with van der Waals surface area (Å²) in [6, 6.07) is 1.77. The highest BCUT2D eigenvalue weighted by Gasteiger charge is 2.32. The van der Waals surface area contributed by atoms with Gasteiger partial charge in [0.1, 0.15) is 0 Å². The number of nitro benzene ring substituents is 1. The third kappa shape index (κ3) is 2.34. The van der Waals surface area contributed by atoms with E-state index in [4.69, 9.17) is 10.8 Å². The second-order valence-electron chi connectivity index (χ2n) is 4.38. The van der Waals surface area contributed by atoms with E-state index in [1.54, 1.807) is 0 Å². The fourth-order valence-corrected chi connectivity index (χ4v) is 2.08. The molecule has 1 heterocycles. The average Bonchev–Trinajstić information content (AvgIpc) is 2.70. The smallest absolute Gasteiger partial charge is 0.307 e. The fraction of sp³-hybridized carbons (Fsp3) is 0.364. The molecule has 1 fully saturated rings. The number of carbonyl (C=O) groups is 1. The minimum absolute atomic E-state index is 0.0463. The number of aliphatic hydroxyl groups excluding tert-OH is 1. The molecule has 0 saturated carbocycles. The maximum atomic E-state index is 13.3. The van der Waals surface area contributed by atoms with Gasteiger partial charge >= 0.3 is 5.69 Å². The van der Waals surface area contributed by atoms with Crippen LogP contribution in [-0.4, -0.2) is 29.1 Å². The first-order valence-corrected chi connectivity index (χ1v) is 5.58. The fourth-order valence-electron chi connectivity index (χ4n) is 2.08. The van der Waals surface area contributed by atoms with E-state index in [1.165, 1.54) is 4.90 Å². The van der Waals surface area contributed by atoms with E-state index in [1.807, 2.05) is 0 Å². The maximum absolute atomic E-state index is 13.3. The zero-order chi connectivity index (χ0) is 14.2. The van der Waals surface area contributed by atoms with E-state index >= 15 is 0 Å². The second kappa shape index (κ2) is 4.81. The molecule has 0 aromatic heterocycles. The first-order chi connectivity index (χ1) is 8.93. The van der Waals surface area contributed by atoms with Crippen LogP contribution in [0.4, 0.5) is 21.5 Å². The number of nitrogens with two attached hydrogens (primary N) is 1. The molecule has 1 unspecified atom stereocenters. The molecule has 0 spiro atoms. The van der Waals surface area contributed by atoms with Gasteiger partial charge in [0.25, 0.3) is 0 Å². The Morgan fingerprint density at radius 3 is 2.79 bits per heavy atom. The van der Waals surface area contributed by atoms with E-state index in [-0.39, 0.29) is 42.8 Å². The Labute approximate surface area is 107 Å². The standard InChI is InChI=1S/C11H12FN3O4/c12-7-2-8(13)10(3-9(7)15(18)19)14-4-6(5-16)1-11(14)17/h2-3,6,16H,1,4-5,13H2. The van der Waals surface area contributed by atoms with Crippen molar-refractivity contribution in [3.05, 3.63) is 28.1 Å². The monoisotopic (exact) mass is 269 g/mol. The molecule has 0 radical (unpaired) electrons. The molecule has 0 aliphatic carbocycles. The van der Waals surface area contributed by atoms with Crippen LogP contribution >= 0.6 is 0 Å². The summed E-state index contributed by atoms with van der Waals surface area (Å²) in [5, 5.41) is 19.7. The number of benzene rings is 1. The SMILES string of the molecule is Nc1cc(F)c([N+](=O)[O-])cc1N1CC(CO)CC1=O. The van der Waals surface area contributed by atoms with Crippen LogP contribution in [0.25, 0.3) is 0 Å². The van der Waals surface area contributed by atoms with Crippen LogP contribution in [0.1, 0.15) is 6.42 Å². The number of rotatable bonds is 3. The van der Waals surface area contributed by atoms with Gasteiger partial charge in [0.15, 0.2) is 0 Å². The molecule has 1 aromatic rings. The lowest BCUT2D eigenvalue weighted by Crippen LogP contribution is -2.26. The second-order valence-corrected chi connectivity index (χ2v) is 4.38. The van der Waals surface area contributed by atoms with E-state index in [9.17, 15) is 19.3 Å². The number of carbonyl (C=O) groups excluding carboxylic acids is 1. The number of anilines is 2. The number of halogens is 1. The van der Waals surface area contributed by atoms with Crippen LogP contribution in [0.15, 0.2) is 12.1 Å². The number of aliphatic hydroxyl groups is 1. The molecule has 19 heavy (non-hydrogen) atoms. The third-order valence-electron chi connectivity index (χ3n) is 3.05. The molecule has 8 heteroatoms. The Bertz CT molecular complexity index is 549. The molecular weight excluding hydrogens is 257 g/mol. The Hall–Kier alpha value is -2.22. The van der Waals surface area contributed by atoms with Crippen molar-refractivity contribution >= 4 is 23.0 Å². The lowest BCUT2D eigenvalue weighted by Gasteiger charge is -2.18. The Morgan fingerprint density at radius 2 is 2.26 bits per heavy atom. The highest BCUT2D eigenvalue weighted by molar-refractivity contribution is 5.98. The number of nitrogen functional groups attached to an aromatic ring is 1. The van der Waals surface area contributed by atoms with Crippen LogP contribution < -0.4 is 10.6 Å². The van der Waals surface area contributed by atoms with Gasteiger partial charge in [0.05, 0.1) is 16.3 Å². The summed E-state index contributed by atoms with van der Waals surface area (Å²) < 4.78 is 13.3. The molecular formula is C11H12FN3O4. The molecule has 1 atom stereocenters. The van der Waals surface area contributed by atoms with Gasteiger partial charge in [-0.15, -0.1) is 0 Å². The number of nitro groups is 1. The quantitative estimate of drug-likeness (QED) is 0.476. The summed E-state index contributed by atoms with van der Waals surface area (Å²) in [6.07, 6.45) is 0.140. The van der Waals surface area contributed by atoms with E-state index in [2.05, 4.69) is 0 Å². The topological polar surface area (TPSA) is 110 Å². The van der Waals surface area contributed by atoms with Gasteiger partial charge in [0.2, 0.25) is 11.7 Å². The number of nitrogens with zero attached hydrogens (tertiary/aromatic N) is 2. The van der Waals surface area contributed by atoms with Crippen molar-refractivity contribution in [1.29, 1.82) is 0 Å². The Balaban J connectivity index is 2.42. The van der Waals surface area contributed by atoms with Crippen molar-refractivity contribution in [2.24, 2.45) is 5.92 Å². The van der Waals surface area contributed by atoms with E-state index in [0.717, 1.165) is 12.1 Å². The highest BCUT2D eigenvalue weighted by atomic mass is 19.1. The van der Waals surface area contributed by atoms with Crippen molar-refractivity contribution in [1.82, 2.24) is 0 Å². The zero-order valence-electron chi connectivity index (χ0n) is 9.88. The molecule has 1 aliphatic heterocycles. The van der Waals surface area contributed by atoms with Crippen LogP contribution in [0.2, 0.25) is 0 Å². The summed E-state index contributed by atoms with van der Waals surface area (Å²) in [4.78, 5) is 22.8. The molecule has 1 amide bonds. The van der Waals surface area contributed by atoms with Crippen molar-refractivity contribution in [2.45, 2.75) is 6.42 Å². The average molecular weight is 269 g/mol. The highest BCUT2D eigenvalue weighted by Crippen LogP contribution is 2.34. The zero-order valence-corrected chi connectivity index (χ0v) is 9.88. The number of amides is 1. The van der Waals surface area contributed by atoms with E-state index < -0.39 is 16.4 Å². The number of hydrogen-bond acceptors (Lipinski definition) is 5. The number of hydrogen-bond donors (Lipinski definition) is 2. The Morgan fingerprint density at radius 1 is 1.58 bits per heavy atom. The van der Waals surface area contributed by atoms with Crippen LogP contribution in [0.3, 0.4) is 0 Å². The normalized spacial score (nSPS) is 18.9. The molecule has 2 rings (SSSR count). The third-order valence-corrected chi connectivity index (χ3v) is 3.05. The predicted molar refractivity (Wildman–Crippen MR) is 65.0 cm³/mol. The first-order valence-electron chi connectivity index (χ1n) is 5.58. The molecule has 7 nitrogen and oxygen atoms in total. The van der Waals surface area contributed by atoms with Gasteiger partial charge in [0, 0.05) is 37.6 Å². The summed E-state index contributed by atoms with van der Waals surface area (Å²) in [5.74, 6) is -1.58. The van der Waals surface area contributed by atoms with Crippen LogP contribution in [-0.2, 0) is 4.79 Å². The van der Waals surface area contributed by atoms with Crippen molar-refractivity contribution < 1.29 is 19.2 Å². The Kier molecular flexibility index (Phi) is 3.34. The summed E-state index contributed by atoms with van der Waals surface area (Å²) in [7, 11) is 0. The molecule has 1 aliphatic rings. The summed E-state index contributed by atoms with van der Waals surface area (Å²) >= 11 is 0. The van der Waals surface area contributed by atoms with Gasteiger partial charge in [-0.05, 0) is 0 Å². The summed E-state index contributed by atoms with van der Waals surface area (Å²) in [5.41, 5.74) is 4.93. The van der Waals surface area contributed by atoms with Crippen LogP contribution in [0.5, 0.6) is 0 Å². The molecule has 1 aromatic carbocycles. The van der Waals surface area contributed by atoms with Crippen molar-refractivity contribution in [3.63, 3.8) is 0 Å². The van der Waals surface area contributed by atoms with Gasteiger partial charge in [-0.2, -0.15) is 4.39 Å². The minimum Gasteiger partial charge on any atom is -0.397 e. The first kappa shape index (κ1) is 13.2. The summed E-state index contributed by atoms with van der Waals surface area (Å²) in [6.45, 7) is 0.0494. The molecule has 0 bridgehead atoms. The molecule has 102 valence electrons. The van der Waals surface area contributed by atoms with Gasteiger partial charge in [-0.1, -0.05) is 0 Å². The molecule has 1 saturated heterocycles. The van der Waals surface area contributed by atoms with Gasteiger partial charge in [-0.3, -0.25) is 14.9 Å². The molecule has 3 N–H and O–H groups in total. The lowest BCUT2D eigenvalue weighted by molar-refractivity contribution is -0.387. The predicted octanol–water partition coefficient (Wildman–Crippen LogP) is 0.661. The largest absolute Gasteiger partial charge is 0.397 e. The van der Waals surface area contributed by atoms with E-state index in [0.29, 0.717) is 0 Å².